The average Bonchev–Trinajstić information content (AvgIpc) is 3.05. The maximum Gasteiger partial charge on any atom is 0.471 e. The molecule has 0 bridgehead atoms. The topological polar surface area (TPSA) is 89.8 Å². The molecule has 0 spiro atoms. The van der Waals surface area contributed by atoms with Crippen LogP contribution in [0.3, 0.4) is 0 Å². The summed E-state index contributed by atoms with van der Waals surface area (Å²) in [6, 6.07) is 3.64. The van der Waals surface area contributed by atoms with E-state index in [1.165, 1.54) is 17.9 Å². The van der Waals surface area contributed by atoms with Crippen LogP contribution in [0.15, 0.2) is 24.5 Å². The van der Waals surface area contributed by atoms with Gasteiger partial charge in [-0.05, 0) is 47.5 Å². The number of carbonyl (C=O) groups is 2. The van der Waals surface area contributed by atoms with Crippen molar-refractivity contribution in [3.8, 4) is 5.69 Å². The number of benzene rings is 1. The fraction of sp³-hybridized carbons (Fsp3) is 0.357. The minimum absolute atomic E-state index is 0.0885. The van der Waals surface area contributed by atoms with E-state index in [9.17, 15) is 22.8 Å². The fourth-order valence-corrected chi connectivity index (χ4v) is 2.28. The minimum Gasteiger partial charge on any atom is -0.339 e. The van der Waals surface area contributed by atoms with Crippen LogP contribution in [0.4, 0.5) is 13.2 Å². The second kappa shape index (κ2) is 7.60. The Labute approximate surface area is 145 Å². The highest BCUT2D eigenvalue weighted by Gasteiger charge is 2.39. The number of tetrazole rings is 1. The molecule has 0 fully saturated rings. The van der Waals surface area contributed by atoms with E-state index in [1.54, 1.807) is 23.5 Å². The Morgan fingerprint density at radius 3 is 2.68 bits per heavy atom. The van der Waals surface area contributed by atoms with Gasteiger partial charge in [0.05, 0.1) is 11.7 Å². The number of ketones is 1. The van der Waals surface area contributed by atoms with Gasteiger partial charge in [0.25, 0.3) is 0 Å². The van der Waals surface area contributed by atoms with Gasteiger partial charge in [-0.25, -0.2) is 4.68 Å². The van der Waals surface area contributed by atoms with Crippen molar-refractivity contribution in [3.05, 3.63) is 35.1 Å². The first-order valence-electron chi connectivity index (χ1n) is 7.10. The van der Waals surface area contributed by atoms with E-state index in [0.29, 0.717) is 16.3 Å². The largest absolute Gasteiger partial charge is 0.471 e. The van der Waals surface area contributed by atoms with Crippen LogP contribution in [0.5, 0.6) is 0 Å². The van der Waals surface area contributed by atoms with E-state index < -0.39 is 23.9 Å². The number of alkyl halides is 3. The third kappa shape index (κ3) is 4.99. The molecule has 2 aromatic rings. The van der Waals surface area contributed by atoms with Gasteiger partial charge >= 0.3 is 12.1 Å². The number of hydrogen-bond acceptors (Lipinski definition) is 5. The van der Waals surface area contributed by atoms with E-state index in [2.05, 4.69) is 15.5 Å². The van der Waals surface area contributed by atoms with Gasteiger partial charge in [-0.3, -0.25) is 9.59 Å². The average molecular weight is 376 g/mol. The Hall–Kier alpha value is -2.49. The van der Waals surface area contributed by atoms with Crippen LogP contribution < -0.4 is 5.32 Å². The summed E-state index contributed by atoms with van der Waals surface area (Å²) in [5, 5.41) is 12.9. The molecule has 1 aromatic heterocycles. The Balaban J connectivity index is 2.05. The number of halogens is 4. The number of aryl methyl sites for hydroxylation is 1. The van der Waals surface area contributed by atoms with Crippen molar-refractivity contribution >= 4 is 23.3 Å². The zero-order valence-corrected chi connectivity index (χ0v) is 13.7. The van der Waals surface area contributed by atoms with Crippen molar-refractivity contribution < 1.29 is 22.8 Å². The van der Waals surface area contributed by atoms with Crippen LogP contribution in [0.1, 0.15) is 18.9 Å². The lowest BCUT2D eigenvalue weighted by molar-refractivity contribution is -0.174. The number of nitrogens with one attached hydrogen (secondary N) is 1. The molecule has 1 heterocycles. The highest BCUT2D eigenvalue weighted by Crippen LogP contribution is 2.21. The molecule has 0 aliphatic rings. The molecule has 2 rings (SSSR count). The third-order valence-electron chi connectivity index (χ3n) is 3.37. The van der Waals surface area contributed by atoms with E-state index >= 15 is 0 Å². The van der Waals surface area contributed by atoms with Gasteiger partial charge in [0.1, 0.15) is 6.33 Å². The number of nitrogens with zero attached hydrogens (tertiary/aromatic N) is 4. The van der Waals surface area contributed by atoms with Crippen LogP contribution in [0.2, 0.25) is 5.02 Å². The molecular formula is C14H13ClF3N5O2. The molecule has 1 aromatic carbocycles. The van der Waals surface area contributed by atoms with Gasteiger partial charge in [0, 0.05) is 11.4 Å². The van der Waals surface area contributed by atoms with Crippen molar-refractivity contribution in [2.24, 2.45) is 0 Å². The SMILES string of the molecule is C[C@H](NC(=O)C(F)(F)F)C(=O)CCc1cc(Cl)ccc1-n1cnnn1. The summed E-state index contributed by atoms with van der Waals surface area (Å²) < 4.78 is 38.0. The van der Waals surface area contributed by atoms with Crippen LogP contribution in [-0.4, -0.2) is 44.1 Å². The highest BCUT2D eigenvalue weighted by atomic mass is 35.5. The molecule has 0 aliphatic carbocycles. The number of amides is 1. The maximum atomic E-state index is 12.2. The fourth-order valence-electron chi connectivity index (χ4n) is 2.08. The first-order valence-corrected chi connectivity index (χ1v) is 7.48. The Bertz CT molecular complexity index is 764. The molecule has 1 N–H and O–H groups in total. The zero-order chi connectivity index (χ0) is 18.6. The number of rotatable bonds is 6. The predicted molar refractivity (Wildman–Crippen MR) is 81.2 cm³/mol. The number of hydrogen-bond donors (Lipinski definition) is 1. The Morgan fingerprint density at radius 2 is 2.08 bits per heavy atom. The summed E-state index contributed by atoms with van der Waals surface area (Å²) in [4.78, 5) is 22.9. The first kappa shape index (κ1) is 18.8. The highest BCUT2D eigenvalue weighted by molar-refractivity contribution is 6.30. The molecule has 0 radical (unpaired) electrons. The summed E-state index contributed by atoms with van der Waals surface area (Å²) >= 11 is 5.95. The molecule has 0 unspecified atom stereocenters. The smallest absolute Gasteiger partial charge is 0.339 e. The lowest BCUT2D eigenvalue weighted by Crippen LogP contribution is -2.45. The minimum atomic E-state index is -5.03. The summed E-state index contributed by atoms with van der Waals surface area (Å²) in [5.74, 6) is -2.69. The molecule has 0 saturated carbocycles. The molecular weight excluding hydrogens is 363 g/mol. The van der Waals surface area contributed by atoms with E-state index in [0.717, 1.165) is 0 Å². The Morgan fingerprint density at radius 1 is 1.36 bits per heavy atom. The van der Waals surface area contributed by atoms with Crippen LogP contribution in [0, 0.1) is 0 Å². The van der Waals surface area contributed by atoms with Crippen molar-refractivity contribution in [2.45, 2.75) is 32.0 Å². The monoisotopic (exact) mass is 375 g/mol. The van der Waals surface area contributed by atoms with E-state index in [1.807, 2.05) is 0 Å². The van der Waals surface area contributed by atoms with Crippen LogP contribution in [0.25, 0.3) is 5.69 Å². The van der Waals surface area contributed by atoms with Gasteiger partial charge in [0.2, 0.25) is 0 Å². The van der Waals surface area contributed by atoms with Gasteiger partial charge in [-0.15, -0.1) is 5.10 Å². The van der Waals surface area contributed by atoms with E-state index in [-0.39, 0.29) is 12.8 Å². The zero-order valence-electron chi connectivity index (χ0n) is 12.9. The molecule has 134 valence electrons. The molecule has 7 nitrogen and oxygen atoms in total. The predicted octanol–water partition coefficient (Wildman–Crippen LogP) is 1.88. The molecule has 1 atom stereocenters. The van der Waals surface area contributed by atoms with Gasteiger partial charge in [-0.1, -0.05) is 11.6 Å². The molecule has 25 heavy (non-hydrogen) atoms. The van der Waals surface area contributed by atoms with Crippen molar-refractivity contribution in [3.63, 3.8) is 0 Å². The quantitative estimate of drug-likeness (QED) is 0.832. The molecule has 0 saturated heterocycles. The molecule has 0 aliphatic heterocycles. The number of Topliss-reactive ketones (excluding diaryl/α,β-unsaturated/α-hetero) is 1. The second-order valence-electron chi connectivity index (χ2n) is 5.19. The Kier molecular flexibility index (Phi) is 5.73. The first-order chi connectivity index (χ1) is 11.7. The summed E-state index contributed by atoms with van der Waals surface area (Å²) in [7, 11) is 0. The van der Waals surface area contributed by atoms with Crippen LogP contribution >= 0.6 is 11.6 Å². The van der Waals surface area contributed by atoms with Crippen molar-refractivity contribution in [1.82, 2.24) is 25.5 Å². The van der Waals surface area contributed by atoms with Crippen molar-refractivity contribution in [2.75, 3.05) is 0 Å². The van der Waals surface area contributed by atoms with Gasteiger partial charge in [0.15, 0.2) is 5.78 Å². The number of aromatic nitrogens is 4. The normalized spacial score (nSPS) is 12.7. The lowest BCUT2D eigenvalue weighted by Gasteiger charge is -2.15. The third-order valence-corrected chi connectivity index (χ3v) is 3.60. The van der Waals surface area contributed by atoms with Crippen molar-refractivity contribution in [1.29, 1.82) is 0 Å². The summed E-state index contributed by atoms with van der Waals surface area (Å²) in [6.45, 7) is 1.20. The standard InChI is InChI=1S/C14H13ClF3N5O2/c1-8(20-13(25)14(16,17)18)12(24)5-2-9-6-10(15)3-4-11(9)23-7-19-21-22-23/h3-4,6-8H,2,5H2,1H3,(H,20,25)/t8-/m0/s1. The van der Waals surface area contributed by atoms with Gasteiger partial charge in [-0.2, -0.15) is 13.2 Å². The maximum absolute atomic E-state index is 12.2. The summed E-state index contributed by atoms with van der Waals surface area (Å²) in [5.41, 5.74) is 1.23. The van der Waals surface area contributed by atoms with Gasteiger partial charge < -0.3 is 5.32 Å². The van der Waals surface area contributed by atoms with Crippen LogP contribution in [-0.2, 0) is 16.0 Å². The molecule has 11 heteroatoms. The summed E-state index contributed by atoms with van der Waals surface area (Å²) in [6.07, 6.45) is -3.56. The van der Waals surface area contributed by atoms with E-state index in [4.69, 9.17) is 11.6 Å². The number of carbonyl (C=O) groups excluding carboxylic acids is 2. The lowest BCUT2D eigenvalue weighted by atomic mass is 10.0. The second-order valence-corrected chi connectivity index (χ2v) is 5.62. The molecule has 1 amide bonds.